The minimum absolute atomic E-state index is 0.341. The van der Waals surface area contributed by atoms with Crippen molar-refractivity contribution in [3.63, 3.8) is 0 Å². The van der Waals surface area contributed by atoms with E-state index in [1.807, 2.05) is 32.3 Å². The van der Waals surface area contributed by atoms with Gasteiger partial charge in [-0.15, -0.1) is 0 Å². The van der Waals surface area contributed by atoms with Gasteiger partial charge >= 0.3 is 0 Å². The van der Waals surface area contributed by atoms with E-state index >= 15 is 0 Å². The molecule has 0 saturated carbocycles. The highest BCUT2D eigenvalue weighted by atomic mass is 31.2. The molecule has 0 aliphatic carbocycles. The van der Waals surface area contributed by atoms with Crippen molar-refractivity contribution < 1.29 is 8.99 Å². The lowest BCUT2D eigenvalue weighted by molar-refractivity contribution is 0.129. The summed E-state index contributed by atoms with van der Waals surface area (Å²) in [4.78, 5) is 0. The molecule has 1 aliphatic heterocycles. The minimum Gasteiger partial charge on any atom is -0.391 e. The van der Waals surface area contributed by atoms with Crippen LogP contribution in [-0.2, 0) is 8.99 Å². The smallest absolute Gasteiger partial charge is 0.289 e. The van der Waals surface area contributed by atoms with Crippen LogP contribution in [0.4, 0.5) is 0 Å². The second kappa shape index (κ2) is 9.92. The topological polar surface area (TPSA) is 32.8 Å². The Bertz CT molecular complexity index is 1010. The molecule has 3 aromatic carbocycles. The van der Waals surface area contributed by atoms with Crippen molar-refractivity contribution >= 4 is 31.3 Å². The molecular weight excluding hydrogens is 455 g/mol. The Balaban J connectivity index is 2.01. The molecule has 1 fully saturated rings. The summed E-state index contributed by atoms with van der Waals surface area (Å²) in [5, 5.41) is 3.49. The maximum Gasteiger partial charge on any atom is 0.289 e. The van der Waals surface area contributed by atoms with Gasteiger partial charge in [-0.2, -0.15) is 0 Å². The monoisotopic (exact) mass is 492 g/mol. The van der Waals surface area contributed by atoms with Crippen molar-refractivity contribution in [2.45, 2.75) is 33.0 Å². The van der Waals surface area contributed by atoms with Crippen LogP contribution in [0.15, 0.2) is 91.0 Å². The summed E-state index contributed by atoms with van der Waals surface area (Å²) in [5.41, 5.74) is -0.341. The standard InChI is InChI=1S/C28H37N2O2PSi/c1-28(2,3)27(33(31)29(4)22-15-23-30(33)5)32-34(24-16-9-6-10-17-24,25-18-11-7-12-19-25)26-20-13-8-14-21-26/h6-14,16-21,27H,15,22-23H2,1-5H3. The van der Waals surface area contributed by atoms with E-state index in [0.29, 0.717) is 0 Å². The first kappa shape index (κ1) is 25.1. The lowest BCUT2D eigenvalue weighted by Crippen LogP contribution is -2.71. The van der Waals surface area contributed by atoms with E-state index in [-0.39, 0.29) is 5.41 Å². The molecule has 0 N–H and O–H groups in total. The van der Waals surface area contributed by atoms with Gasteiger partial charge in [0, 0.05) is 13.1 Å². The number of hydrogen-bond acceptors (Lipinski definition) is 2. The van der Waals surface area contributed by atoms with Crippen molar-refractivity contribution in [3.8, 4) is 0 Å². The molecule has 1 heterocycles. The molecule has 0 bridgehead atoms. The highest BCUT2D eigenvalue weighted by molar-refractivity contribution is 7.59. The summed E-state index contributed by atoms with van der Waals surface area (Å²) in [7, 11) is -2.03. The zero-order valence-corrected chi connectivity index (χ0v) is 22.9. The highest BCUT2D eigenvalue weighted by Crippen LogP contribution is 2.63. The highest BCUT2D eigenvalue weighted by Gasteiger charge is 2.54. The van der Waals surface area contributed by atoms with Crippen molar-refractivity contribution in [2.75, 3.05) is 27.2 Å². The predicted molar refractivity (Wildman–Crippen MR) is 146 cm³/mol. The Hall–Kier alpha value is -2.01. The maximum atomic E-state index is 15.0. The number of nitrogens with zero attached hydrogens (tertiary/aromatic N) is 2. The Morgan fingerprint density at radius 2 is 1.09 bits per heavy atom. The van der Waals surface area contributed by atoms with E-state index in [9.17, 15) is 4.57 Å². The summed E-state index contributed by atoms with van der Waals surface area (Å²) in [6.45, 7) is 8.11. The Morgan fingerprint density at radius 1 is 0.735 bits per heavy atom. The summed E-state index contributed by atoms with van der Waals surface area (Å²) < 4.78 is 26.6. The molecule has 180 valence electrons. The van der Waals surface area contributed by atoms with Crippen molar-refractivity contribution in [1.29, 1.82) is 0 Å². The largest absolute Gasteiger partial charge is 0.391 e. The van der Waals surface area contributed by atoms with Crippen LogP contribution in [0.25, 0.3) is 0 Å². The first-order chi connectivity index (χ1) is 16.2. The van der Waals surface area contributed by atoms with E-state index in [2.05, 4.69) is 103 Å². The summed E-state index contributed by atoms with van der Waals surface area (Å²) in [6.07, 6.45) is 1.01. The van der Waals surface area contributed by atoms with Gasteiger partial charge < -0.3 is 4.43 Å². The van der Waals surface area contributed by atoms with Crippen molar-refractivity contribution in [1.82, 2.24) is 9.34 Å². The van der Waals surface area contributed by atoms with Gasteiger partial charge in [0.25, 0.3) is 8.32 Å². The van der Waals surface area contributed by atoms with Gasteiger partial charge in [-0.3, -0.25) is 4.57 Å². The predicted octanol–water partition coefficient (Wildman–Crippen LogP) is 4.50. The van der Waals surface area contributed by atoms with Gasteiger partial charge in [0.1, 0.15) is 5.85 Å². The molecule has 1 atom stereocenters. The van der Waals surface area contributed by atoms with Crippen molar-refractivity contribution in [2.24, 2.45) is 5.41 Å². The van der Waals surface area contributed by atoms with Crippen LogP contribution in [0.3, 0.4) is 0 Å². The first-order valence-corrected chi connectivity index (χ1v) is 15.7. The fourth-order valence-electron chi connectivity index (χ4n) is 5.07. The zero-order chi connectivity index (χ0) is 24.4. The molecule has 4 nitrogen and oxygen atoms in total. The third kappa shape index (κ3) is 4.48. The molecular formula is C28H37N2O2PSi. The molecule has 1 saturated heterocycles. The summed E-state index contributed by atoms with van der Waals surface area (Å²) >= 11 is 0. The average molecular weight is 493 g/mol. The van der Waals surface area contributed by atoms with Gasteiger partial charge in [-0.25, -0.2) is 9.34 Å². The van der Waals surface area contributed by atoms with Gasteiger partial charge in [0.15, 0.2) is 0 Å². The van der Waals surface area contributed by atoms with Crippen LogP contribution < -0.4 is 15.6 Å². The molecule has 0 spiro atoms. The maximum absolute atomic E-state index is 15.0. The van der Waals surface area contributed by atoms with E-state index in [1.165, 1.54) is 0 Å². The minimum atomic E-state index is -3.01. The normalized spacial score (nSPS) is 18.5. The van der Waals surface area contributed by atoms with E-state index in [0.717, 1.165) is 35.1 Å². The molecule has 34 heavy (non-hydrogen) atoms. The zero-order valence-electron chi connectivity index (χ0n) is 21.0. The number of benzene rings is 3. The first-order valence-electron chi connectivity index (χ1n) is 12.1. The summed E-state index contributed by atoms with van der Waals surface area (Å²) in [6, 6.07) is 31.7. The molecule has 0 aromatic heterocycles. The second-order valence-electron chi connectivity index (χ2n) is 10.3. The number of hydrogen-bond donors (Lipinski definition) is 0. The van der Waals surface area contributed by atoms with Crippen LogP contribution in [0.5, 0.6) is 0 Å². The molecule has 3 aromatic rings. The third-order valence-electron chi connectivity index (χ3n) is 6.82. The Kier molecular flexibility index (Phi) is 7.32. The van der Waals surface area contributed by atoms with Gasteiger partial charge in [0.05, 0.1) is 0 Å². The van der Waals surface area contributed by atoms with Crippen LogP contribution in [0.1, 0.15) is 27.2 Å². The van der Waals surface area contributed by atoms with Gasteiger partial charge in [-0.1, -0.05) is 112 Å². The molecule has 1 unspecified atom stereocenters. The quantitative estimate of drug-likeness (QED) is 0.288. The SMILES string of the molecule is CN1CCCN(C)P1(=O)C(O[Si](c1ccccc1)(c1ccccc1)c1ccccc1)C(C)(C)C. The van der Waals surface area contributed by atoms with Crippen LogP contribution in [-0.4, -0.2) is 50.7 Å². The molecule has 6 heteroatoms. The second-order valence-corrected chi connectivity index (χ2v) is 16.7. The van der Waals surface area contributed by atoms with E-state index in [1.54, 1.807) is 0 Å². The van der Waals surface area contributed by atoms with E-state index < -0.39 is 21.6 Å². The number of rotatable bonds is 6. The molecule has 0 amide bonds. The molecule has 1 aliphatic rings. The lowest BCUT2D eigenvalue weighted by atomic mass is 9.98. The molecule has 4 rings (SSSR count). The van der Waals surface area contributed by atoms with Gasteiger partial charge in [0.2, 0.25) is 7.44 Å². The lowest BCUT2D eigenvalue weighted by Gasteiger charge is -2.50. The summed E-state index contributed by atoms with van der Waals surface area (Å²) in [5.74, 6) is -0.470. The van der Waals surface area contributed by atoms with Crippen LogP contribution >= 0.6 is 7.44 Å². The van der Waals surface area contributed by atoms with E-state index in [4.69, 9.17) is 4.43 Å². The third-order valence-corrected chi connectivity index (χ3v) is 14.9. The van der Waals surface area contributed by atoms with Crippen molar-refractivity contribution in [3.05, 3.63) is 91.0 Å². The fourth-order valence-corrected chi connectivity index (χ4v) is 13.3. The van der Waals surface area contributed by atoms with Crippen LogP contribution in [0, 0.1) is 5.41 Å². The Morgan fingerprint density at radius 3 is 1.41 bits per heavy atom. The fraction of sp³-hybridized carbons (Fsp3) is 0.357. The average Bonchev–Trinajstić information content (AvgIpc) is 2.84. The Labute approximate surface area is 206 Å². The molecule has 0 radical (unpaired) electrons. The van der Waals surface area contributed by atoms with Crippen LogP contribution in [0.2, 0.25) is 0 Å². The van der Waals surface area contributed by atoms with Gasteiger partial charge in [-0.05, 0) is 41.5 Å².